The van der Waals surface area contributed by atoms with Gasteiger partial charge in [0.05, 0.1) is 0 Å². The molecule has 104 valence electrons. The van der Waals surface area contributed by atoms with E-state index < -0.39 is 0 Å². The number of fused-ring (bicyclic) bond motifs is 1. The van der Waals surface area contributed by atoms with Crippen LogP contribution in [-0.2, 0) is 7.05 Å². The molecule has 1 heterocycles. The van der Waals surface area contributed by atoms with Crippen LogP contribution in [0.15, 0.2) is 24.4 Å². The maximum absolute atomic E-state index is 5.95. The summed E-state index contributed by atoms with van der Waals surface area (Å²) in [5.41, 5.74) is 9.94. The summed E-state index contributed by atoms with van der Waals surface area (Å²) in [6.07, 6.45) is 2.21. The van der Waals surface area contributed by atoms with Gasteiger partial charge in [-0.05, 0) is 43.3 Å². The first-order chi connectivity index (χ1) is 8.95. The van der Waals surface area contributed by atoms with Crippen molar-refractivity contribution in [2.24, 2.45) is 12.8 Å². The summed E-state index contributed by atoms with van der Waals surface area (Å²) in [4.78, 5) is 2.19. The van der Waals surface area contributed by atoms with Crippen molar-refractivity contribution in [1.29, 1.82) is 0 Å². The highest BCUT2D eigenvalue weighted by Gasteiger charge is 2.18. The lowest BCUT2D eigenvalue weighted by atomic mass is 9.98. The van der Waals surface area contributed by atoms with Gasteiger partial charge in [0, 0.05) is 36.7 Å². The predicted molar refractivity (Wildman–Crippen MR) is 82.5 cm³/mol. The van der Waals surface area contributed by atoms with Crippen LogP contribution in [0, 0.1) is 0 Å². The molecule has 3 heteroatoms. The molecule has 0 aliphatic heterocycles. The van der Waals surface area contributed by atoms with E-state index in [1.165, 1.54) is 22.0 Å². The summed E-state index contributed by atoms with van der Waals surface area (Å²) in [6.45, 7) is 5.10. The Morgan fingerprint density at radius 3 is 2.47 bits per heavy atom. The number of nitrogens with zero attached hydrogens (tertiary/aromatic N) is 2. The van der Waals surface area contributed by atoms with Gasteiger partial charge in [0.2, 0.25) is 0 Å². The van der Waals surface area contributed by atoms with E-state index in [0.29, 0.717) is 12.5 Å². The van der Waals surface area contributed by atoms with E-state index in [1.807, 2.05) is 0 Å². The fourth-order valence-electron chi connectivity index (χ4n) is 2.68. The SMILES string of the molecule is CC(C)c1ccc2c(c1)c(C(CN)N(C)C)cn2C. The molecule has 0 fully saturated rings. The normalized spacial score (nSPS) is 13.7. The van der Waals surface area contributed by atoms with Crippen LogP contribution in [0.25, 0.3) is 10.9 Å². The average molecular weight is 259 g/mol. The van der Waals surface area contributed by atoms with Gasteiger partial charge in [0.15, 0.2) is 0 Å². The minimum absolute atomic E-state index is 0.270. The number of aromatic nitrogens is 1. The molecular formula is C16H25N3. The van der Waals surface area contributed by atoms with Crippen LogP contribution in [0.2, 0.25) is 0 Å². The maximum Gasteiger partial charge on any atom is 0.0485 e. The molecule has 1 unspecified atom stereocenters. The number of rotatable bonds is 4. The zero-order chi connectivity index (χ0) is 14.2. The van der Waals surface area contributed by atoms with Crippen LogP contribution in [0.1, 0.15) is 36.9 Å². The molecule has 1 aromatic heterocycles. The van der Waals surface area contributed by atoms with Crippen LogP contribution in [0.5, 0.6) is 0 Å². The van der Waals surface area contributed by atoms with Crippen LogP contribution in [0.4, 0.5) is 0 Å². The molecule has 1 aromatic carbocycles. The van der Waals surface area contributed by atoms with Crippen LogP contribution >= 0.6 is 0 Å². The summed E-state index contributed by atoms with van der Waals surface area (Å²) in [7, 11) is 6.27. The predicted octanol–water partition coefficient (Wildman–Crippen LogP) is 2.86. The van der Waals surface area contributed by atoms with E-state index in [1.54, 1.807) is 0 Å². The molecule has 0 radical (unpaired) electrons. The van der Waals surface area contributed by atoms with E-state index in [9.17, 15) is 0 Å². The van der Waals surface area contributed by atoms with Crippen molar-refractivity contribution < 1.29 is 0 Å². The second kappa shape index (κ2) is 5.35. The molecule has 0 bridgehead atoms. The second-order valence-corrected chi connectivity index (χ2v) is 5.84. The molecule has 0 spiro atoms. The lowest BCUT2D eigenvalue weighted by Gasteiger charge is -2.22. The maximum atomic E-state index is 5.95. The third-order valence-electron chi connectivity index (χ3n) is 3.92. The highest BCUT2D eigenvalue weighted by Crippen LogP contribution is 2.30. The Hall–Kier alpha value is -1.32. The fourth-order valence-corrected chi connectivity index (χ4v) is 2.68. The highest BCUT2D eigenvalue weighted by atomic mass is 15.1. The molecule has 0 aliphatic carbocycles. The number of likely N-dealkylation sites (N-methyl/N-ethyl adjacent to an activating group) is 1. The number of aryl methyl sites for hydroxylation is 1. The first kappa shape index (κ1) is 14.1. The molecule has 2 N–H and O–H groups in total. The van der Waals surface area contributed by atoms with Crippen molar-refractivity contribution in [3.8, 4) is 0 Å². The smallest absolute Gasteiger partial charge is 0.0485 e. The highest BCUT2D eigenvalue weighted by molar-refractivity contribution is 5.85. The van der Waals surface area contributed by atoms with Gasteiger partial charge >= 0.3 is 0 Å². The Kier molecular flexibility index (Phi) is 3.97. The van der Waals surface area contributed by atoms with Crippen molar-refractivity contribution in [3.05, 3.63) is 35.5 Å². The summed E-state index contributed by atoms with van der Waals surface area (Å²) >= 11 is 0. The topological polar surface area (TPSA) is 34.2 Å². The van der Waals surface area contributed by atoms with Gasteiger partial charge in [-0.25, -0.2) is 0 Å². The van der Waals surface area contributed by atoms with Crippen LogP contribution in [-0.4, -0.2) is 30.1 Å². The molecule has 2 aromatic rings. The van der Waals surface area contributed by atoms with E-state index in [2.05, 4.69) is 68.9 Å². The summed E-state index contributed by atoms with van der Waals surface area (Å²) in [6, 6.07) is 7.04. The Balaban J connectivity index is 2.63. The molecule has 0 saturated heterocycles. The Morgan fingerprint density at radius 1 is 1.26 bits per heavy atom. The van der Waals surface area contributed by atoms with Crippen LogP contribution < -0.4 is 5.73 Å². The van der Waals surface area contributed by atoms with Gasteiger partial charge in [-0.1, -0.05) is 19.9 Å². The lowest BCUT2D eigenvalue weighted by Crippen LogP contribution is -2.27. The Bertz CT molecular complexity index is 567. The van der Waals surface area contributed by atoms with Crippen molar-refractivity contribution in [3.63, 3.8) is 0 Å². The first-order valence-corrected chi connectivity index (χ1v) is 6.91. The molecule has 3 nitrogen and oxygen atoms in total. The van der Waals surface area contributed by atoms with Crippen molar-refractivity contribution in [1.82, 2.24) is 9.47 Å². The zero-order valence-electron chi connectivity index (χ0n) is 12.6. The quantitative estimate of drug-likeness (QED) is 0.916. The van der Waals surface area contributed by atoms with Gasteiger partial charge in [0.25, 0.3) is 0 Å². The number of hydrogen-bond acceptors (Lipinski definition) is 2. The first-order valence-electron chi connectivity index (χ1n) is 6.91. The van der Waals surface area contributed by atoms with Crippen molar-refractivity contribution in [2.75, 3.05) is 20.6 Å². The van der Waals surface area contributed by atoms with Crippen LogP contribution in [0.3, 0.4) is 0 Å². The Morgan fingerprint density at radius 2 is 1.95 bits per heavy atom. The number of hydrogen-bond donors (Lipinski definition) is 1. The second-order valence-electron chi connectivity index (χ2n) is 5.84. The standard InChI is InChI=1S/C16H25N3/c1-11(2)12-6-7-15-13(8-12)14(10-19(15)5)16(9-17)18(3)4/h6-8,10-11,16H,9,17H2,1-5H3. The molecule has 19 heavy (non-hydrogen) atoms. The molecular weight excluding hydrogens is 234 g/mol. The van der Waals surface area contributed by atoms with Crippen molar-refractivity contribution in [2.45, 2.75) is 25.8 Å². The third-order valence-corrected chi connectivity index (χ3v) is 3.92. The average Bonchev–Trinajstić information content (AvgIpc) is 2.67. The molecule has 2 rings (SSSR count). The van der Waals surface area contributed by atoms with E-state index >= 15 is 0 Å². The Labute approximate surface area is 116 Å². The van der Waals surface area contributed by atoms with E-state index in [0.717, 1.165) is 0 Å². The van der Waals surface area contributed by atoms with Gasteiger partial charge in [-0.2, -0.15) is 0 Å². The lowest BCUT2D eigenvalue weighted by molar-refractivity contribution is 0.307. The molecule has 0 saturated carbocycles. The summed E-state index contributed by atoms with van der Waals surface area (Å²) < 4.78 is 2.20. The molecule has 1 atom stereocenters. The summed E-state index contributed by atoms with van der Waals surface area (Å²) in [5, 5.41) is 1.33. The summed E-state index contributed by atoms with van der Waals surface area (Å²) in [5.74, 6) is 0.549. The van der Waals surface area contributed by atoms with Gasteiger partial charge in [0.1, 0.15) is 0 Å². The third kappa shape index (κ3) is 2.53. The minimum Gasteiger partial charge on any atom is -0.350 e. The number of nitrogens with two attached hydrogens (primary N) is 1. The van der Waals surface area contributed by atoms with E-state index in [4.69, 9.17) is 5.73 Å². The zero-order valence-corrected chi connectivity index (χ0v) is 12.6. The van der Waals surface area contributed by atoms with Gasteiger partial charge in [-0.15, -0.1) is 0 Å². The van der Waals surface area contributed by atoms with Gasteiger partial charge in [-0.3, -0.25) is 0 Å². The molecule has 0 amide bonds. The number of benzene rings is 1. The van der Waals surface area contributed by atoms with E-state index in [-0.39, 0.29) is 6.04 Å². The fraction of sp³-hybridized carbons (Fsp3) is 0.500. The van der Waals surface area contributed by atoms with Crippen molar-refractivity contribution >= 4 is 10.9 Å². The van der Waals surface area contributed by atoms with Gasteiger partial charge < -0.3 is 15.2 Å². The largest absolute Gasteiger partial charge is 0.350 e. The monoisotopic (exact) mass is 259 g/mol. The molecule has 0 aliphatic rings. The minimum atomic E-state index is 0.270.